The van der Waals surface area contributed by atoms with Gasteiger partial charge in [-0.15, -0.1) is 0 Å². The van der Waals surface area contributed by atoms with Gasteiger partial charge in [0.05, 0.1) is 4.88 Å². The Balaban J connectivity index is 2.24. The van der Waals surface area contributed by atoms with Crippen LogP contribution in [0.5, 0.6) is 0 Å². The third-order valence-corrected chi connectivity index (χ3v) is 3.54. The van der Waals surface area contributed by atoms with Crippen LogP contribution >= 0.6 is 11.3 Å². The molecule has 1 heterocycles. The minimum Gasteiger partial charge on any atom is -0.362 e. The Morgan fingerprint density at radius 3 is 2.53 bits per heavy atom. The molecule has 1 aromatic heterocycles. The fourth-order valence-corrected chi connectivity index (χ4v) is 2.67. The van der Waals surface area contributed by atoms with Crippen LogP contribution in [0.15, 0.2) is 24.4 Å². The summed E-state index contributed by atoms with van der Waals surface area (Å²) >= 11 is 1.72. The molecule has 0 unspecified atom stereocenters. The van der Waals surface area contributed by atoms with Gasteiger partial charge in [0.15, 0.2) is 5.13 Å². The van der Waals surface area contributed by atoms with Crippen molar-refractivity contribution in [2.75, 3.05) is 11.9 Å². The molecular weight excluding hydrogens is 228 g/mol. The maximum Gasteiger partial charge on any atom is 0.183 e. The molecule has 0 radical (unpaired) electrons. The summed E-state index contributed by atoms with van der Waals surface area (Å²) in [5, 5.41) is 4.34. The minimum absolute atomic E-state index is 0.986. The van der Waals surface area contributed by atoms with Crippen molar-refractivity contribution in [2.45, 2.75) is 27.2 Å². The highest BCUT2D eigenvalue weighted by atomic mass is 32.1. The SMILES string of the molecule is CCCNc1ncc(-c2cc(C)cc(C)c2)s1. The summed E-state index contributed by atoms with van der Waals surface area (Å²) in [5.41, 5.74) is 3.87. The van der Waals surface area contributed by atoms with Crippen LogP contribution in [-0.2, 0) is 0 Å². The number of aromatic nitrogens is 1. The third-order valence-electron chi connectivity index (χ3n) is 2.54. The van der Waals surface area contributed by atoms with Gasteiger partial charge in [0.25, 0.3) is 0 Å². The summed E-state index contributed by atoms with van der Waals surface area (Å²) in [6.07, 6.45) is 3.08. The molecule has 0 amide bonds. The van der Waals surface area contributed by atoms with Crippen LogP contribution in [0.4, 0.5) is 5.13 Å². The highest BCUT2D eigenvalue weighted by molar-refractivity contribution is 7.18. The third kappa shape index (κ3) is 3.07. The fourth-order valence-electron chi connectivity index (χ4n) is 1.84. The van der Waals surface area contributed by atoms with E-state index in [9.17, 15) is 0 Å². The van der Waals surface area contributed by atoms with Crippen molar-refractivity contribution >= 4 is 16.5 Å². The second-order valence-electron chi connectivity index (χ2n) is 4.33. The Labute approximate surface area is 107 Å². The molecule has 2 aromatic rings. The van der Waals surface area contributed by atoms with Crippen molar-refractivity contribution in [2.24, 2.45) is 0 Å². The predicted molar refractivity (Wildman–Crippen MR) is 75.8 cm³/mol. The molecule has 0 bridgehead atoms. The van der Waals surface area contributed by atoms with Crippen LogP contribution in [0, 0.1) is 13.8 Å². The van der Waals surface area contributed by atoms with Crippen LogP contribution < -0.4 is 5.32 Å². The second-order valence-corrected chi connectivity index (χ2v) is 5.36. The predicted octanol–water partition coefficient (Wildman–Crippen LogP) is 4.25. The highest BCUT2D eigenvalue weighted by Gasteiger charge is 2.04. The van der Waals surface area contributed by atoms with Gasteiger partial charge in [0, 0.05) is 12.7 Å². The quantitative estimate of drug-likeness (QED) is 0.872. The molecule has 0 aliphatic heterocycles. The summed E-state index contributed by atoms with van der Waals surface area (Å²) in [5.74, 6) is 0. The molecule has 90 valence electrons. The number of anilines is 1. The molecule has 3 heteroatoms. The lowest BCUT2D eigenvalue weighted by atomic mass is 10.1. The molecule has 0 atom stereocenters. The van der Waals surface area contributed by atoms with E-state index in [4.69, 9.17) is 0 Å². The Bertz CT molecular complexity index is 482. The zero-order chi connectivity index (χ0) is 12.3. The number of nitrogens with one attached hydrogen (secondary N) is 1. The van der Waals surface area contributed by atoms with Crippen molar-refractivity contribution in [3.63, 3.8) is 0 Å². The molecular formula is C14H18N2S. The van der Waals surface area contributed by atoms with Gasteiger partial charge in [0.2, 0.25) is 0 Å². The molecule has 2 rings (SSSR count). The van der Waals surface area contributed by atoms with Gasteiger partial charge in [-0.25, -0.2) is 4.98 Å². The number of rotatable bonds is 4. The maximum absolute atomic E-state index is 4.40. The van der Waals surface area contributed by atoms with Gasteiger partial charge in [-0.2, -0.15) is 0 Å². The molecule has 0 spiro atoms. The van der Waals surface area contributed by atoms with E-state index in [0.717, 1.165) is 18.1 Å². The normalized spacial score (nSPS) is 10.5. The highest BCUT2D eigenvalue weighted by Crippen LogP contribution is 2.30. The molecule has 0 aliphatic rings. The maximum atomic E-state index is 4.40. The monoisotopic (exact) mass is 246 g/mol. The van der Waals surface area contributed by atoms with Crippen LogP contribution in [0.1, 0.15) is 24.5 Å². The van der Waals surface area contributed by atoms with Gasteiger partial charge < -0.3 is 5.32 Å². The minimum atomic E-state index is 0.986. The number of thiazole rings is 1. The van der Waals surface area contributed by atoms with E-state index < -0.39 is 0 Å². The average molecular weight is 246 g/mol. The molecule has 0 aliphatic carbocycles. The Kier molecular flexibility index (Phi) is 3.79. The number of benzene rings is 1. The van der Waals surface area contributed by atoms with Gasteiger partial charge in [-0.05, 0) is 25.8 Å². The van der Waals surface area contributed by atoms with E-state index in [2.05, 4.69) is 49.3 Å². The standard InChI is InChI=1S/C14H18N2S/c1-4-5-15-14-16-9-13(17-14)12-7-10(2)6-11(3)8-12/h6-9H,4-5H2,1-3H3,(H,15,16). The molecule has 2 nitrogen and oxygen atoms in total. The largest absolute Gasteiger partial charge is 0.362 e. The zero-order valence-corrected chi connectivity index (χ0v) is 11.4. The van der Waals surface area contributed by atoms with E-state index in [-0.39, 0.29) is 0 Å². The fraction of sp³-hybridized carbons (Fsp3) is 0.357. The van der Waals surface area contributed by atoms with Crippen LogP contribution in [0.25, 0.3) is 10.4 Å². The molecule has 1 N–H and O–H groups in total. The Morgan fingerprint density at radius 1 is 1.18 bits per heavy atom. The topological polar surface area (TPSA) is 24.9 Å². The molecule has 17 heavy (non-hydrogen) atoms. The summed E-state index contributed by atoms with van der Waals surface area (Å²) in [6, 6.07) is 6.62. The molecule has 0 saturated heterocycles. The lowest BCUT2D eigenvalue weighted by Gasteiger charge is -2.01. The average Bonchev–Trinajstić information content (AvgIpc) is 2.73. The summed E-state index contributed by atoms with van der Waals surface area (Å²) < 4.78 is 0. The number of nitrogens with zero attached hydrogens (tertiary/aromatic N) is 1. The van der Waals surface area contributed by atoms with Crippen molar-refractivity contribution in [3.8, 4) is 10.4 Å². The Morgan fingerprint density at radius 2 is 1.88 bits per heavy atom. The number of hydrogen-bond acceptors (Lipinski definition) is 3. The first-order valence-electron chi connectivity index (χ1n) is 5.97. The smallest absolute Gasteiger partial charge is 0.183 e. The lowest BCUT2D eigenvalue weighted by Crippen LogP contribution is -1.97. The lowest BCUT2D eigenvalue weighted by molar-refractivity contribution is 0.976. The summed E-state index contributed by atoms with van der Waals surface area (Å²) in [4.78, 5) is 5.63. The van der Waals surface area contributed by atoms with Crippen LogP contribution in [0.2, 0.25) is 0 Å². The van der Waals surface area contributed by atoms with Gasteiger partial charge >= 0.3 is 0 Å². The first-order chi connectivity index (χ1) is 8.19. The molecule has 1 aromatic carbocycles. The molecule has 0 fully saturated rings. The van der Waals surface area contributed by atoms with E-state index >= 15 is 0 Å². The number of hydrogen-bond donors (Lipinski definition) is 1. The van der Waals surface area contributed by atoms with E-state index in [1.54, 1.807) is 11.3 Å². The second kappa shape index (κ2) is 5.32. The van der Waals surface area contributed by atoms with Crippen molar-refractivity contribution < 1.29 is 0 Å². The van der Waals surface area contributed by atoms with E-state index in [1.165, 1.54) is 21.6 Å². The Hall–Kier alpha value is -1.35. The summed E-state index contributed by atoms with van der Waals surface area (Å²) in [7, 11) is 0. The summed E-state index contributed by atoms with van der Waals surface area (Å²) in [6.45, 7) is 7.41. The zero-order valence-electron chi connectivity index (χ0n) is 10.6. The first kappa shape index (κ1) is 12.1. The molecule has 0 saturated carbocycles. The number of aryl methyl sites for hydroxylation is 2. The van der Waals surface area contributed by atoms with Gasteiger partial charge in [-0.1, -0.05) is 47.6 Å². The van der Waals surface area contributed by atoms with Crippen molar-refractivity contribution in [1.82, 2.24) is 4.98 Å². The van der Waals surface area contributed by atoms with E-state index in [1.807, 2.05) is 6.20 Å². The van der Waals surface area contributed by atoms with Crippen LogP contribution in [-0.4, -0.2) is 11.5 Å². The van der Waals surface area contributed by atoms with Gasteiger partial charge in [-0.3, -0.25) is 0 Å². The first-order valence-corrected chi connectivity index (χ1v) is 6.79. The van der Waals surface area contributed by atoms with Crippen LogP contribution in [0.3, 0.4) is 0 Å². The van der Waals surface area contributed by atoms with E-state index in [0.29, 0.717) is 0 Å². The van der Waals surface area contributed by atoms with Crippen molar-refractivity contribution in [3.05, 3.63) is 35.5 Å². The van der Waals surface area contributed by atoms with Crippen molar-refractivity contribution in [1.29, 1.82) is 0 Å². The van der Waals surface area contributed by atoms with Gasteiger partial charge in [0.1, 0.15) is 0 Å².